The molecule has 4 nitrogen and oxygen atoms in total. The van der Waals surface area contributed by atoms with Crippen molar-refractivity contribution >= 4 is 0 Å². The highest BCUT2D eigenvalue weighted by Gasteiger charge is 2.24. The van der Waals surface area contributed by atoms with E-state index in [2.05, 4.69) is 16.7 Å². The number of rotatable bonds is 3. The molecule has 0 saturated carbocycles. The lowest BCUT2D eigenvalue weighted by Gasteiger charge is -2.36. The summed E-state index contributed by atoms with van der Waals surface area (Å²) in [7, 11) is 0. The van der Waals surface area contributed by atoms with Crippen molar-refractivity contribution in [1.29, 1.82) is 0 Å². The summed E-state index contributed by atoms with van der Waals surface area (Å²) in [5, 5.41) is 0. The highest BCUT2D eigenvalue weighted by molar-refractivity contribution is 5.40. The molecule has 104 valence electrons. The molecule has 0 bridgehead atoms. The topological polar surface area (TPSA) is 24.9 Å². The van der Waals surface area contributed by atoms with Gasteiger partial charge in [-0.15, -0.1) is 0 Å². The smallest absolute Gasteiger partial charge is 0.161 e. The number of likely N-dealkylation sites (N-methyl/N-ethyl adjacent to an activating group) is 1. The number of benzene rings is 1. The molecule has 0 amide bonds. The number of nitrogens with zero attached hydrogens (tertiary/aromatic N) is 2. The molecule has 1 aromatic carbocycles. The average Bonchev–Trinajstić information content (AvgIpc) is 2.48. The molecule has 3 rings (SSSR count). The second-order valence-electron chi connectivity index (χ2n) is 5.23. The summed E-state index contributed by atoms with van der Waals surface area (Å²) in [6, 6.07) is 7.92. The fraction of sp³-hybridized carbons (Fsp3) is 0.600. The van der Waals surface area contributed by atoms with Crippen LogP contribution < -0.4 is 9.47 Å². The molecule has 1 fully saturated rings. The molecule has 0 aromatic heterocycles. The predicted molar refractivity (Wildman–Crippen MR) is 74.9 cm³/mol. The molecule has 0 aliphatic carbocycles. The van der Waals surface area contributed by atoms with Gasteiger partial charge < -0.3 is 14.4 Å². The molecular formula is C15H22N2O2. The third-order valence-electron chi connectivity index (χ3n) is 3.94. The Morgan fingerprint density at radius 2 is 1.74 bits per heavy atom. The maximum absolute atomic E-state index is 6.01. The zero-order valence-electron chi connectivity index (χ0n) is 11.5. The molecule has 2 heterocycles. The van der Waals surface area contributed by atoms with Crippen molar-refractivity contribution in [1.82, 2.24) is 9.80 Å². The van der Waals surface area contributed by atoms with E-state index in [0.29, 0.717) is 6.61 Å². The Morgan fingerprint density at radius 3 is 2.47 bits per heavy atom. The molecule has 0 radical (unpaired) electrons. The molecule has 1 saturated heterocycles. The van der Waals surface area contributed by atoms with Gasteiger partial charge in [0.2, 0.25) is 0 Å². The number of piperazine rings is 1. The summed E-state index contributed by atoms with van der Waals surface area (Å²) in [6.45, 7) is 9.61. The van der Waals surface area contributed by atoms with Gasteiger partial charge in [-0.3, -0.25) is 4.90 Å². The second kappa shape index (κ2) is 5.80. The summed E-state index contributed by atoms with van der Waals surface area (Å²) in [5.41, 5.74) is 0. The molecule has 0 spiro atoms. The van der Waals surface area contributed by atoms with E-state index >= 15 is 0 Å². The van der Waals surface area contributed by atoms with E-state index in [1.165, 1.54) is 13.1 Å². The van der Waals surface area contributed by atoms with E-state index in [9.17, 15) is 0 Å². The van der Waals surface area contributed by atoms with Crippen molar-refractivity contribution in [3.8, 4) is 11.5 Å². The molecule has 1 aromatic rings. The first kappa shape index (κ1) is 12.8. The zero-order valence-corrected chi connectivity index (χ0v) is 11.5. The highest BCUT2D eigenvalue weighted by Crippen LogP contribution is 2.31. The fourth-order valence-electron chi connectivity index (χ4n) is 2.73. The van der Waals surface area contributed by atoms with Gasteiger partial charge >= 0.3 is 0 Å². The summed E-state index contributed by atoms with van der Waals surface area (Å²) in [4.78, 5) is 4.97. The van der Waals surface area contributed by atoms with E-state index in [0.717, 1.165) is 37.7 Å². The number of fused-ring (bicyclic) bond motifs is 1. The van der Waals surface area contributed by atoms with Gasteiger partial charge in [-0.2, -0.15) is 0 Å². The first-order chi connectivity index (χ1) is 9.35. The van der Waals surface area contributed by atoms with Gasteiger partial charge in [0.1, 0.15) is 12.7 Å². The first-order valence-corrected chi connectivity index (χ1v) is 7.18. The summed E-state index contributed by atoms with van der Waals surface area (Å²) in [5.74, 6) is 1.75. The maximum atomic E-state index is 6.01. The van der Waals surface area contributed by atoms with Gasteiger partial charge in [0.25, 0.3) is 0 Å². The van der Waals surface area contributed by atoms with Crippen LogP contribution in [0.1, 0.15) is 6.92 Å². The maximum Gasteiger partial charge on any atom is 0.161 e. The molecule has 2 aliphatic rings. The Bertz CT molecular complexity index is 416. The number of hydrogen-bond donors (Lipinski definition) is 0. The monoisotopic (exact) mass is 262 g/mol. The Kier molecular flexibility index (Phi) is 3.89. The standard InChI is InChI=1S/C15H22N2O2/c1-2-16-7-9-17(10-8-16)11-13-12-18-14-5-3-4-6-15(14)19-13/h3-6,13H,2,7-12H2,1H3/t13-/m1/s1. The van der Waals surface area contributed by atoms with Crippen molar-refractivity contribution < 1.29 is 9.47 Å². The van der Waals surface area contributed by atoms with Crippen LogP contribution in [0.5, 0.6) is 11.5 Å². The van der Waals surface area contributed by atoms with Crippen LogP contribution >= 0.6 is 0 Å². The van der Waals surface area contributed by atoms with Crippen LogP contribution in [0.4, 0.5) is 0 Å². The Hall–Kier alpha value is -1.26. The minimum Gasteiger partial charge on any atom is -0.486 e. The highest BCUT2D eigenvalue weighted by atomic mass is 16.6. The lowest BCUT2D eigenvalue weighted by molar-refractivity contribution is 0.0412. The normalized spacial score (nSPS) is 24.4. The van der Waals surface area contributed by atoms with Crippen molar-refractivity contribution in [2.75, 3.05) is 45.9 Å². The van der Waals surface area contributed by atoms with Gasteiger partial charge in [-0.05, 0) is 18.7 Å². The lowest BCUT2D eigenvalue weighted by Crippen LogP contribution is -2.50. The van der Waals surface area contributed by atoms with Crippen molar-refractivity contribution in [3.63, 3.8) is 0 Å². The molecule has 2 aliphatic heterocycles. The minimum absolute atomic E-state index is 0.156. The SMILES string of the molecule is CCN1CCN(C[C@@H]2COc3ccccc3O2)CC1. The second-order valence-corrected chi connectivity index (χ2v) is 5.23. The third kappa shape index (κ3) is 3.01. The van der Waals surface area contributed by atoms with Crippen LogP contribution in [0, 0.1) is 0 Å². The summed E-state index contributed by atoms with van der Waals surface area (Å²) in [6.07, 6.45) is 0.156. The first-order valence-electron chi connectivity index (χ1n) is 7.18. The number of hydrogen-bond acceptors (Lipinski definition) is 4. The molecule has 0 unspecified atom stereocenters. The summed E-state index contributed by atoms with van der Waals surface area (Å²) >= 11 is 0. The van der Waals surface area contributed by atoms with Gasteiger partial charge in [-0.1, -0.05) is 19.1 Å². The van der Waals surface area contributed by atoms with Crippen LogP contribution in [-0.4, -0.2) is 61.8 Å². The number of ether oxygens (including phenoxy) is 2. The molecule has 4 heteroatoms. The van der Waals surface area contributed by atoms with Gasteiger partial charge in [0.15, 0.2) is 11.5 Å². The van der Waals surface area contributed by atoms with E-state index in [-0.39, 0.29) is 6.10 Å². The van der Waals surface area contributed by atoms with Crippen LogP contribution in [0.15, 0.2) is 24.3 Å². The van der Waals surface area contributed by atoms with E-state index < -0.39 is 0 Å². The Labute approximate surface area is 114 Å². The third-order valence-corrected chi connectivity index (χ3v) is 3.94. The Morgan fingerprint density at radius 1 is 1.05 bits per heavy atom. The van der Waals surface area contributed by atoms with Gasteiger partial charge in [0, 0.05) is 32.7 Å². The molecule has 19 heavy (non-hydrogen) atoms. The van der Waals surface area contributed by atoms with E-state index in [4.69, 9.17) is 9.47 Å². The van der Waals surface area contributed by atoms with Gasteiger partial charge in [-0.25, -0.2) is 0 Å². The van der Waals surface area contributed by atoms with Crippen LogP contribution in [-0.2, 0) is 0 Å². The van der Waals surface area contributed by atoms with Crippen molar-refractivity contribution in [3.05, 3.63) is 24.3 Å². The van der Waals surface area contributed by atoms with Crippen molar-refractivity contribution in [2.45, 2.75) is 13.0 Å². The quantitative estimate of drug-likeness (QED) is 0.823. The minimum atomic E-state index is 0.156. The van der Waals surface area contributed by atoms with Crippen molar-refractivity contribution in [2.24, 2.45) is 0 Å². The van der Waals surface area contributed by atoms with E-state index in [1.54, 1.807) is 0 Å². The fourth-order valence-corrected chi connectivity index (χ4v) is 2.73. The Balaban J connectivity index is 1.52. The van der Waals surface area contributed by atoms with Crippen LogP contribution in [0.2, 0.25) is 0 Å². The van der Waals surface area contributed by atoms with E-state index in [1.807, 2.05) is 24.3 Å². The average molecular weight is 262 g/mol. The zero-order chi connectivity index (χ0) is 13.1. The molecule has 0 N–H and O–H groups in total. The van der Waals surface area contributed by atoms with Gasteiger partial charge in [0.05, 0.1) is 0 Å². The molecule has 1 atom stereocenters. The lowest BCUT2D eigenvalue weighted by atomic mass is 10.2. The van der Waals surface area contributed by atoms with Crippen LogP contribution in [0.3, 0.4) is 0 Å². The number of para-hydroxylation sites is 2. The largest absolute Gasteiger partial charge is 0.486 e. The van der Waals surface area contributed by atoms with Crippen LogP contribution in [0.25, 0.3) is 0 Å². The predicted octanol–water partition coefficient (Wildman–Crippen LogP) is 1.46. The summed E-state index contributed by atoms with van der Waals surface area (Å²) < 4.78 is 11.8. The molecular weight excluding hydrogens is 240 g/mol.